The molecule has 0 aliphatic rings. The molecule has 1 rings (SSSR count). The van der Waals surface area contributed by atoms with E-state index in [0.717, 1.165) is 0 Å². The molecule has 27 heavy (non-hydrogen) atoms. The fourth-order valence-electron chi connectivity index (χ4n) is 1.88. The number of nitrogens with zero attached hydrogens (tertiary/aromatic N) is 2. The van der Waals surface area contributed by atoms with Crippen molar-refractivity contribution in [3.05, 3.63) is 23.5 Å². The normalized spacial score (nSPS) is 11.6. The molecule has 150 valence electrons. The summed E-state index contributed by atoms with van der Waals surface area (Å²) in [5, 5.41) is 0.394. The van der Waals surface area contributed by atoms with Gasteiger partial charge >= 0.3 is 18.2 Å². The van der Waals surface area contributed by atoms with E-state index >= 15 is 0 Å². The predicted octanol–water partition coefficient (Wildman–Crippen LogP) is 4.44. The van der Waals surface area contributed by atoms with Gasteiger partial charge in [-0.15, -0.1) is 0 Å². The molecule has 0 bridgehead atoms. The predicted molar refractivity (Wildman–Crippen MR) is 103 cm³/mol. The van der Waals surface area contributed by atoms with Crippen LogP contribution in [0.2, 0.25) is 0 Å². The van der Waals surface area contributed by atoms with Crippen LogP contribution in [0.15, 0.2) is 12.3 Å². The van der Waals surface area contributed by atoms with Crippen LogP contribution in [0.3, 0.4) is 0 Å². The van der Waals surface area contributed by atoms with Crippen LogP contribution >= 0.6 is 15.9 Å². The van der Waals surface area contributed by atoms with Crippen LogP contribution in [-0.2, 0) is 19.5 Å². The number of imide groups is 1. The average Bonchev–Trinajstić information content (AvgIpc) is 2.50. The summed E-state index contributed by atoms with van der Waals surface area (Å²) in [6.07, 6.45) is -0.543. The summed E-state index contributed by atoms with van der Waals surface area (Å²) in [6.45, 7) is 9.96. The van der Waals surface area contributed by atoms with E-state index in [2.05, 4.69) is 20.9 Å². The van der Waals surface area contributed by atoms with Gasteiger partial charge in [-0.05, 0) is 53.2 Å². The maximum absolute atomic E-state index is 12.8. The van der Waals surface area contributed by atoms with Gasteiger partial charge in [0.2, 0.25) is 0 Å². The summed E-state index contributed by atoms with van der Waals surface area (Å²) in [7, 11) is 1.18. The number of pyridine rings is 1. The Hall–Kier alpha value is -2.16. The maximum atomic E-state index is 12.8. The minimum Gasteiger partial charge on any atom is -0.464 e. The quantitative estimate of drug-likeness (QED) is 0.386. The lowest BCUT2D eigenvalue weighted by Gasteiger charge is -2.29. The highest BCUT2D eigenvalue weighted by Gasteiger charge is 2.36. The van der Waals surface area contributed by atoms with Crippen LogP contribution < -0.4 is 4.90 Å². The molecule has 1 aromatic rings. The minimum atomic E-state index is -0.990. The molecule has 0 radical (unpaired) electrons. The Balaban J connectivity index is 3.55. The molecule has 1 aromatic heterocycles. The molecule has 0 saturated heterocycles. The summed E-state index contributed by atoms with van der Waals surface area (Å²) >= 11 is 3.28. The Morgan fingerprint density at radius 2 is 1.52 bits per heavy atom. The molecule has 0 fully saturated rings. The van der Waals surface area contributed by atoms with E-state index < -0.39 is 29.4 Å². The molecule has 0 unspecified atom stereocenters. The van der Waals surface area contributed by atoms with Crippen molar-refractivity contribution in [2.24, 2.45) is 0 Å². The number of amides is 2. The maximum Gasteiger partial charge on any atom is 0.424 e. The van der Waals surface area contributed by atoms with Gasteiger partial charge < -0.3 is 14.2 Å². The summed E-state index contributed by atoms with van der Waals surface area (Å²) < 4.78 is 15.4. The summed E-state index contributed by atoms with van der Waals surface area (Å²) in [4.78, 5) is 42.3. The Morgan fingerprint density at radius 3 is 1.89 bits per heavy atom. The third-order valence-corrected chi connectivity index (χ3v) is 3.50. The monoisotopic (exact) mass is 444 g/mol. The number of rotatable bonds is 3. The zero-order chi connectivity index (χ0) is 21.0. The molecule has 0 aliphatic carbocycles. The van der Waals surface area contributed by atoms with Crippen LogP contribution in [0.25, 0.3) is 0 Å². The van der Waals surface area contributed by atoms with E-state index in [1.807, 2.05) is 0 Å². The molecule has 8 nitrogen and oxygen atoms in total. The van der Waals surface area contributed by atoms with Crippen molar-refractivity contribution in [3.8, 4) is 0 Å². The highest BCUT2D eigenvalue weighted by atomic mass is 79.9. The zero-order valence-electron chi connectivity index (χ0n) is 16.6. The third-order valence-electron chi connectivity index (χ3n) is 2.85. The van der Waals surface area contributed by atoms with Crippen LogP contribution in [-0.4, -0.2) is 41.5 Å². The number of alkyl halides is 1. The number of hydrogen-bond donors (Lipinski definition) is 0. The second kappa shape index (κ2) is 8.69. The van der Waals surface area contributed by atoms with Gasteiger partial charge in [-0.2, -0.15) is 4.90 Å². The Morgan fingerprint density at radius 1 is 1.04 bits per heavy atom. The van der Waals surface area contributed by atoms with E-state index in [1.54, 1.807) is 41.5 Å². The molecule has 0 aromatic carbocycles. The van der Waals surface area contributed by atoms with Crippen molar-refractivity contribution in [1.29, 1.82) is 0 Å². The average molecular weight is 445 g/mol. The van der Waals surface area contributed by atoms with E-state index in [4.69, 9.17) is 14.2 Å². The van der Waals surface area contributed by atoms with Crippen LogP contribution in [0.1, 0.15) is 57.6 Å². The van der Waals surface area contributed by atoms with Crippen LogP contribution in [0.4, 0.5) is 15.3 Å². The molecule has 1 heterocycles. The molecule has 0 N–H and O–H groups in total. The van der Waals surface area contributed by atoms with E-state index in [9.17, 15) is 14.4 Å². The summed E-state index contributed by atoms with van der Waals surface area (Å²) in [5.41, 5.74) is -1.40. The van der Waals surface area contributed by atoms with Crippen molar-refractivity contribution in [2.75, 3.05) is 12.0 Å². The first kappa shape index (κ1) is 22.9. The third kappa shape index (κ3) is 6.82. The summed E-state index contributed by atoms with van der Waals surface area (Å²) in [5.74, 6) is -0.803. The molecule has 0 spiro atoms. The number of methoxy groups -OCH3 is 1. The van der Waals surface area contributed by atoms with Gasteiger partial charge in [0, 0.05) is 11.5 Å². The van der Waals surface area contributed by atoms with Gasteiger partial charge in [-0.1, -0.05) is 15.9 Å². The van der Waals surface area contributed by atoms with Gasteiger partial charge in [0.15, 0.2) is 5.69 Å². The first-order valence-corrected chi connectivity index (χ1v) is 9.30. The van der Waals surface area contributed by atoms with Gasteiger partial charge in [0.1, 0.15) is 11.2 Å². The number of hydrogen-bond acceptors (Lipinski definition) is 7. The molecule has 0 atom stereocenters. The van der Waals surface area contributed by atoms with Gasteiger partial charge in [-0.25, -0.2) is 19.4 Å². The number of esters is 1. The van der Waals surface area contributed by atoms with Gasteiger partial charge in [0.25, 0.3) is 0 Å². The second-order valence-corrected chi connectivity index (χ2v) is 8.19. The van der Waals surface area contributed by atoms with E-state index in [-0.39, 0.29) is 11.4 Å². The van der Waals surface area contributed by atoms with Crippen molar-refractivity contribution in [1.82, 2.24) is 4.98 Å². The lowest BCUT2D eigenvalue weighted by atomic mass is 10.2. The first-order chi connectivity index (χ1) is 12.3. The number of anilines is 1. The lowest BCUT2D eigenvalue weighted by Crippen LogP contribution is -2.44. The Labute approximate surface area is 167 Å². The highest BCUT2D eigenvalue weighted by Crippen LogP contribution is 2.26. The standard InChI is InChI=1S/C18H25BrN2O6/c1-17(2,3)26-15(23)21(16(24)27-18(4,5)6)12-8-11(9-19)10-20-13(12)14(22)25-7/h8,10H,9H2,1-7H3. The van der Waals surface area contributed by atoms with Crippen molar-refractivity contribution >= 4 is 39.8 Å². The van der Waals surface area contributed by atoms with E-state index in [1.165, 1.54) is 19.4 Å². The largest absolute Gasteiger partial charge is 0.464 e. The van der Waals surface area contributed by atoms with Crippen molar-refractivity contribution < 1.29 is 28.6 Å². The number of aromatic nitrogens is 1. The Bertz CT molecular complexity index is 694. The Kier molecular flexibility index (Phi) is 7.36. The van der Waals surface area contributed by atoms with Gasteiger partial charge in [-0.3, -0.25) is 0 Å². The number of carbonyl (C=O) groups excluding carboxylic acids is 3. The van der Waals surface area contributed by atoms with Crippen molar-refractivity contribution in [3.63, 3.8) is 0 Å². The van der Waals surface area contributed by atoms with Crippen LogP contribution in [0.5, 0.6) is 0 Å². The summed E-state index contributed by atoms with van der Waals surface area (Å²) in [6, 6.07) is 1.47. The van der Waals surface area contributed by atoms with E-state index in [0.29, 0.717) is 15.8 Å². The number of halogens is 1. The molecule has 0 saturated carbocycles. The van der Waals surface area contributed by atoms with Crippen molar-refractivity contribution in [2.45, 2.75) is 58.1 Å². The smallest absolute Gasteiger partial charge is 0.424 e. The SMILES string of the molecule is COC(=O)c1ncc(CBr)cc1N(C(=O)OC(C)(C)C)C(=O)OC(C)(C)C. The fraction of sp³-hybridized carbons (Fsp3) is 0.556. The molecule has 9 heteroatoms. The molecule has 0 aliphatic heterocycles. The molecular weight excluding hydrogens is 420 g/mol. The topological polar surface area (TPSA) is 95.0 Å². The fourth-order valence-corrected chi connectivity index (χ4v) is 2.19. The minimum absolute atomic E-state index is 0.0812. The van der Waals surface area contributed by atoms with Gasteiger partial charge in [0.05, 0.1) is 12.8 Å². The first-order valence-electron chi connectivity index (χ1n) is 8.18. The molecular formula is C18H25BrN2O6. The number of carbonyl (C=O) groups is 3. The lowest BCUT2D eigenvalue weighted by molar-refractivity contribution is 0.0430. The molecule has 2 amide bonds. The highest BCUT2D eigenvalue weighted by molar-refractivity contribution is 9.08. The zero-order valence-corrected chi connectivity index (χ0v) is 18.2. The second-order valence-electron chi connectivity index (χ2n) is 7.63. The van der Waals surface area contributed by atoms with Crippen LogP contribution in [0, 0.1) is 0 Å². The number of ether oxygens (including phenoxy) is 3.